The number of aromatic nitrogens is 1. The molecule has 33 heavy (non-hydrogen) atoms. The van der Waals surface area contributed by atoms with Crippen LogP contribution in [-0.4, -0.2) is 53.7 Å². The number of fused-ring (bicyclic) bond motifs is 2. The highest BCUT2D eigenvalue weighted by molar-refractivity contribution is 5.30. The average Bonchev–Trinajstić information content (AvgIpc) is 2.88. The average molecular weight is 446 g/mol. The van der Waals surface area contributed by atoms with Crippen molar-refractivity contribution in [3.63, 3.8) is 0 Å². The number of hydrogen-bond donors (Lipinski definition) is 2. The highest BCUT2D eigenvalue weighted by Crippen LogP contribution is 2.33. The Balaban J connectivity index is 1.25. The van der Waals surface area contributed by atoms with E-state index in [2.05, 4.69) is 69.2 Å². The first-order valence-electron chi connectivity index (χ1n) is 13.0. The summed E-state index contributed by atoms with van der Waals surface area (Å²) in [7, 11) is 0. The van der Waals surface area contributed by atoms with Crippen molar-refractivity contribution >= 4 is 0 Å². The molecule has 1 saturated heterocycles. The predicted molar refractivity (Wildman–Crippen MR) is 135 cm³/mol. The van der Waals surface area contributed by atoms with Crippen LogP contribution in [0.15, 0.2) is 54.7 Å². The third-order valence-electron chi connectivity index (χ3n) is 7.52. The van der Waals surface area contributed by atoms with Gasteiger partial charge in [-0.1, -0.05) is 48.9 Å². The van der Waals surface area contributed by atoms with E-state index in [4.69, 9.17) is 4.98 Å². The Morgan fingerprint density at radius 1 is 1.00 bits per heavy atom. The maximum Gasteiger partial charge on any atom is 0.0607 e. The lowest BCUT2D eigenvalue weighted by atomic mass is 9.89. The Kier molecular flexibility index (Phi) is 7.84. The van der Waals surface area contributed by atoms with Crippen molar-refractivity contribution < 1.29 is 0 Å². The predicted octanol–water partition coefficient (Wildman–Crippen LogP) is 4.02. The van der Waals surface area contributed by atoms with E-state index in [0.717, 1.165) is 39.0 Å². The lowest BCUT2D eigenvalue weighted by molar-refractivity contribution is 0.161. The molecule has 1 aromatic carbocycles. The molecule has 1 aromatic heterocycles. The van der Waals surface area contributed by atoms with E-state index in [1.54, 1.807) is 0 Å². The summed E-state index contributed by atoms with van der Waals surface area (Å²) in [6.07, 6.45) is 15.4. The molecular formula is C28H39N5. The minimum absolute atomic E-state index is 0.411. The smallest absolute Gasteiger partial charge is 0.0607 e. The zero-order valence-corrected chi connectivity index (χ0v) is 19.9. The summed E-state index contributed by atoms with van der Waals surface area (Å²) >= 11 is 0. The third-order valence-corrected chi connectivity index (χ3v) is 7.52. The van der Waals surface area contributed by atoms with Crippen LogP contribution in [0.25, 0.3) is 0 Å². The molecule has 5 nitrogen and oxygen atoms in total. The van der Waals surface area contributed by atoms with Crippen LogP contribution >= 0.6 is 0 Å². The van der Waals surface area contributed by atoms with E-state index in [-0.39, 0.29) is 0 Å². The van der Waals surface area contributed by atoms with Crippen LogP contribution in [0.3, 0.4) is 0 Å². The summed E-state index contributed by atoms with van der Waals surface area (Å²) in [5.41, 5.74) is 9.29. The zero-order chi connectivity index (χ0) is 22.3. The molecule has 1 fully saturated rings. The molecule has 176 valence electrons. The molecule has 0 radical (unpaired) electrons. The molecule has 2 aromatic rings. The fraction of sp³-hybridized carbons (Fsp3) is 0.536. The van der Waals surface area contributed by atoms with E-state index >= 15 is 0 Å². The van der Waals surface area contributed by atoms with Gasteiger partial charge in [-0.05, 0) is 61.3 Å². The SMILES string of the molecule is C(=C\CN(C[C@H]1Cc2ccccc2CN1)[C@H]1CCCc2cccnc21)/CNN1CCCCC1. The lowest BCUT2D eigenvalue weighted by Crippen LogP contribution is -2.46. The van der Waals surface area contributed by atoms with Gasteiger partial charge in [-0.25, -0.2) is 5.01 Å². The molecule has 1 aliphatic carbocycles. The lowest BCUT2D eigenvalue weighted by Gasteiger charge is -2.38. The van der Waals surface area contributed by atoms with Crippen LogP contribution in [-0.2, 0) is 19.4 Å². The van der Waals surface area contributed by atoms with Gasteiger partial charge in [0.05, 0.1) is 11.7 Å². The molecule has 0 amide bonds. The fourth-order valence-electron chi connectivity index (χ4n) is 5.73. The Morgan fingerprint density at radius 2 is 1.85 bits per heavy atom. The molecule has 2 atom stereocenters. The second-order valence-electron chi connectivity index (χ2n) is 9.84. The van der Waals surface area contributed by atoms with Gasteiger partial charge in [0.2, 0.25) is 0 Å². The highest BCUT2D eigenvalue weighted by atomic mass is 15.5. The molecule has 0 saturated carbocycles. The summed E-state index contributed by atoms with van der Waals surface area (Å²) in [4.78, 5) is 7.53. The number of hydrogen-bond acceptors (Lipinski definition) is 5. The van der Waals surface area contributed by atoms with Gasteiger partial charge in [-0.15, -0.1) is 0 Å². The first kappa shape index (κ1) is 22.7. The molecule has 3 heterocycles. The van der Waals surface area contributed by atoms with Crippen LogP contribution in [0, 0.1) is 0 Å². The number of hydrazine groups is 1. The molecule has 2 N–H and O–H groups in total. The summed E-state index contributed by atoms with van der Waals surface area (Å²) in [5, 5.41) is 6.19. The van der Waals surface area contributed by atoms with Gasteiger partial charge in [0, 0.05) is 51.5 Å². The van der Waals surface area contributed by atoms with Crippen LogP contribution in [0.4, 0.5) is 0 Å². The minimum atomic E-state index is 0.411. The van der Waals surface area contributed by atoms with E-state index in [1.165, 1.54) is 67.6 Å². The molecule has 5 rings (SSSR count). The molecule has 0 bridgehead atoms. The van der Waals surface area contributed by atoms with Crippen LogP contribution < -0.4 is 10.7 Å². The van der Waals surface area contributed by atoms with E-state index < -0.39 is 0 Å². The summed E-state index contributed by atoms with van der Waals surface area (Å²) in [6.45, 7) is 6.28. The summed E-state index contributed by atoms with van der Waals surface area (Å²) in [6, 6.07) is 14.2. The van der Waals surface area contributed by atoms with Gasteiger partial charge >= 0.3 is 0 Å². The van der Waals surface area contributed by atoms with Crippen LogP contribution in [0.2, 0.25) is 0 Å². The number of rotatable bonds is 8. The normalized spacial score (nSPS) is 23.5. The number of nitrogens with zero attached hydrogens (tertiary/aromatic N) is 3. The fourth-order valence-corrected chi connectivity index (χ4v) is 5.73. The maximum atomic E-state index is 4.85. The second-order valence-corrected chi connectivity index (χ2v) is 9.84. The summed E-state index contributed by atoms with van der Waals surface area (Å²) < 4.78 is 0. The highest BCUT2D eigenvalue weighted by Gasteiger charge is 2.29. The van der Waals surface area contributed by atoms with Gasteiger partial charge in [0.25, 0.3) is 0 Å². The second kappa shape index (κ2) is 11.4. The molecule has 0 unspecified atom stereocenters. The Morgan fingerprint density at radius 3 is 2.76 bits per heavy atom. The molecule has 3 aliphatic rings. The third kappa shape index (κ3) is 5.90. The maximum absolute atomic E-state index is 4.85. The first-order valence-corrected chi connectivity index (χ1v) is 13.0. The van der Waals surface area contributed by atoms with Gasteiger partial charge < -0.3 is 5.32 Å². The quantitative estimate of drug-likeness (QED) is 0.601. The van der Waals surface area contributed by atoms with Crippen molar-refractivity contribution in [2.75, 3.05) is 32.7 Å². The van der Waals surface area contributed by atoms with Crippen molar-refractivity contribution in [3.8, 4) is 0 Å². The van der Waals surface area contributed by atoms with Crippen molar-refractivity contribution in [2.45, 2.75) is 63.6 Å². The minimum Gasteiger partial charge on any atom is -0.308 e. The monoisotopic (exact) mass is 445 g/mol. The van der Waals surface area contributed by atoms with Crippen molar-refractivity contribution in [1.29, 1.82) is 0 Å². The Labute approximate surface area is 199 Å². The van der Waals surface area contributed by atoms with Crippen LogP contribution in [0.1, 0.15) is 60.5 Å². The van der Waals surface area contributed by atoms with Crippen molar-refractivity contribution in [2.24, 2.45) is 0 Å². The molecule has 0 spiro atoms. The largest absolute Gasteiger partial charge is 0.308 e. The number of pyridine rings is 1. The number of nitrogens with one attached hydrogen (secondary N) is 2. The zero-order valence-electron chi connectivity index (χ0n) is 19.9. The Hall–Kier alpha value is -2.05. The van der Waals surface area contributed by atoms with Gasteiger partial charge in [0.1, 0.15) is 0 Å². The standard InChI is InChI=1S/C28H39N5/c1-5-18-33(19-6-1)31-16-4-7-17-32(27-14-8-12-23-13-9-15-29-28(23)27)22-26-20-24-10-2-3-11-25(24)21-30-26/h2-4,7,9-11,13,15,26-27,30-31H,1,5-6,8,12,14,16-22H2/b7-4+/t26-,27+/m1/s1. The van der Waals surface area contributed by atoms with E-state index in [1.807, 2.05) is 6.20 Å². The number of piperidine rings is 1. The van der Waals surface area contributed by atoms with Crippen molar-refractivity contribution in [3.05, 3.63) is 77.1 Å². The topological polar surface area (TPSA) is 43.4 Å². The van der Waals surface area contributed by atoms with Crippen LogP contribution in [0.5, 0.6) is 0 Å². The molecular weight excluding hydrogens is 406 g/mol. The van der Waals surface area contributed by atoms with E-state index in [9.17, 15) is 0 Å². The van der Waals surface area contributed by atoms with E-state index in [0.29, 0.717) is 12.1 Å². The van der Waals surface area contributed by atoms with Gasteiger partial charge in [0.15, 0.2) is 0 Å². The molecule has 5 heteroatoms. The van der Waals surface area contributed by atoms with Gasteiger partial charge in [-0.3, -0.25) is 15.3 Å². The number of aryl methyl sites for hydroxylation is 1. The van der Waals surface area contributed by atoms with Crippen molar-refractivity contribution in [1.82, 2.24) is 25.6 Å². The Bertz CT molecular complexity index is 920. The summed E-state index contributed by atoms with van der Waals surface area (Å²) in [5.74, 6) is 0. The molecule has 2 aliphatic heterocycles. The first-order chi connectivity index (χ1) is 16.4. The number of benzene rings is 1. The van der Waals surface area contributed by atoms with Gasteiger partial charge in [-0.2, -0.15) is 0 Å².